The Hall–Kier alpha value is -2.18. The first kappa shape index (κ1) is 17.2. The van der Waals surface area contributed by atoms with Crippen molar-refractivity contribution in [2.75, 3.05) is 11.4 Å². The Morgan fingerprint density at radius 3 is 2.39 bits per heavy atom. The van der Waals surface area contributed by atoms with E-state index in [1.165, 1.54) is 11.4 Å². The largest absolute Gasteiger partial charge is 0.465 e. The minimum absolute atomic E-state index is 0.328. The summed E-state index contributed by atoms with van der Waals surface area (Å²) < 4.78 is 27.6. The Kier molecular flexibility index (Phi) is 5.52. The Morgan fingerprint density at radius 1 is 1.22 bits per heavy atom. The zero-order valence-corrected chi connectivity index (χ0v) is 14.1. The molecule has 2 rings (SSSR count). The number of rotatable bonds is 5. The lowest BCUT2D eigenvalue weighted by Gasteiger charge is -2.22. The monoisotopic (exact) mass is 333 g/mol. The second-order valence-electron chi connectivity index (χ2n) is 5.04. The van der Waals surface area contributed by atoms with Crippen molar-refractivity contribution >= 4 is 28.6 Å². The molecule has 0 saturated heterocycles. The van der Waals surface area contributed by atoms with Gasteiger partial charge in [-0.3, -0.25) is 4.55 Å². The predicted octanol–water partition coefficient (Wildman–Crippen LogP) is 3.62. The van der Waals surface area contributed by atoms with Crippen molar-refractivity contribution in [2.24, 2.45) is 0 Å². The fraction of sp³-hybridized carbons (Fsp3) is 0.235. The van der Waals surface area contributed by atoms with Gasteiger partial charge in [0.15, 0.2) is 0 Å². The summed E-state index contributed by atoms with van der Waals surface area (Å²) in [6, 6.07) is 12.3. The molecule has 1 atom stereocenters. The normalized spacial score (nSPS) is 11.8. The van der Waals surface area contributed by atoms with Crippen LogP contribution in [0.25, 0.3) is 0 Å². The van der Waals surface area contributed by atoms with Gasteiger partial charge in [-0.15, -0.1) is 0 Å². The van der Waals surface area contributed by atoms with Crippen LogP contribution >= 0.6 is 0 Å². The van der Waals surface area contributed by atoms with E-state index in [-0.39, 0.29) is 0 Å². The molecule has 5 nitrogen and oxygen atoms in total. The van der Waals surface area contributed by atoms with Crippen LogP contribution < -0.4 is 4.31 Å². The molecule has 0 spiro atoms. The van der Waals surface area contributed by atoms with Gasteiger partial charge in [-0.05, 0) is 48.7 Å². The summed E-state index contributed by atoms with van der Waals surface area (Å²) >= 11 is -2.27. The molecular formula is C17H19NO4S. The number of carbonyl (C=O) groups excluding carboxylic acids is 1. The van der Waals surface area contributed by atoms with Gasteiger partial charge in [0.05, 0.1) is 24.0 Å². The summed E-state index contributed by atoms with van der Waals surface area (Å²) in [5.74, 6) is -0.490. The third-order valence-electron chi connectivity index (χ3n) is 3.58. The fourth-order valence-electron chi connectivity index (χ4n) is 2.25. The molecule has 23 heavy (non-hydrogen) atoms. The third-order valence-corrected chi connectivity index (χ3v) is 4.30. The van der Waals surface area contributed by atoms with Gasteiger partial charge in [0.1, 0.15) is 0 Å². The van der Waals surface area contributed by atoms with Crippen LogP contribution in [0.15, 0.2) is 42.5 Å². The highest BCUT2D eigenvalue weighted by Crippen LogP contribution is 2.31. The topological polar surface area (TPSA) is 66.8 Å². The number of ether oxygens (including phenoxy) is 1. The van der Waals surface area contributed by atoms with Crippen molar-refractivity contribution in [1.29, 1.82) is 0 Å². The Bertz CT molecular complexity index is 728. The number of benzene rings is 2. The quantitative estimate of drug-likeness (QED) is 0.670. The molecule has 1 N–H and O–H groups in total. The summed E-state index contributed by atoms with van der Waals surface area (Å²) in [6.07, 6.45) is 0.888. The van der Waals surface area contributed by atoms with E-state index in [1.807, 2.05) is 26.0 Å². The lowest BCUT2D eigenvalue weighted by Crippen LogP contribution is -2.20. The second kappa shape index (κ2) is 7.39. The minimum Gasteiger partial charge on any atom is -0.465 e. The van der Waals surface area contributed by atoms with E-state index in [9.17, 15) is 13.6 Å². The third kappa shape index (κ3) is 3.78. The van der Waals surface area contributed by atoms with Gasteiger partial charge in [0.25, 0.3) is 11.3 Å². The summed E-state index contributed by atoms with van der Waals surface area (Å²) in [7, 11) is 1.30. The maximum atomic E-state index is 11.9. The van der Waals surface area contributed by atoms with Gasteiger partial charge in [0.2, 0.25) is 0 Å². The van der Waals surface area contributed by atoms with Crippen molar-refractivity contribution < 1.29 is 18.3 Å². The lowest BCUT2D eigenvalue weighted by atomic mass is 10.1. The SMILES string of the molecule is CCc1ccc(N(c2cc(C(=O)OC)ccc2C)S(=O)O)cc1. The van der Waals surface area contributed by atoms with Crippen LogP contribution in [0.2, 0.25) is 0 Å². The van der Waals surface area contributed by atoms with Crippen molar-refractivity contribution in [3.63, 3.8) is 0 Å². The number of anilines is 2. The smallest absolute Gasteiger partial charge is 0.337 e. The Balaban J connectivity index is 2.52. The molecule has 0 bridgehead atoms. The minimum atomic E-state index is -2.27. The van der Waals surface area contributed by atoms with Crippen LogP contribution in [0, 0.1) is 6.92 Å². The first-order chi connectivity index (χ1) is 11.0. The molecule has 0 aromatic heterocycles. The zero-order valence-electron chi connectivity index (χ0n) is 13.3. The van der Waals surface area contributed by atoms with Crippen LogP contribution in [-0.4, -0.2) is 21.8 Å². The van der Waals surface area contributed by atoms with Gasteiger partial charge < -0.3 is 4.74 Å². The Morgan fingerprint density at radius 2 is 1.87 bits per heavy atom. The first-order valence-corrected chi connectivity index (χ1v) is 8.23. The number of esters is 1. The lowest BCUT2D eigenvalue weighted by molar-refractivity contribution is 0.0600. The van der Waals surface area contributed by atoms with E-state index >= 15 is 0 Å². The molecule has 0 aliphatic heterocycles. The summed E-state index contributed by atoms with van der Waals surface area (Å²) in [5.41, 5.74) is 3.30. The van der Waals surface area contributed by atoms with Crippen LogP contribution in [0.3, 0.4) is 0 Å². The average molecular weight is 333 g/mol. The van der Waals surface area contributed by atoms with Gasteiger partial charge in [-0.2, -0.15) is 0 Å². The molecule has 122 valence electrons. The number of hydrogen-bond acceptors (Lipinski definition) is 3. The molecule has 0 heterocycles. The highest BCUT2D eigenvalue weighted by atomic mass is 32.2. The van der Waals surface area contributed by atoms with E-state index < -0.39 is 17.2 Å². The fourth-order valence-corrected chi connectivity index (χ4v) is 2.92. The summed E-state index contributed by atoms with van der Waals surface area (Å²) in [5, 5.41) is 0. The number of carbonyl (C=O) groups is 1. The summed E-state index contributed by atoms with van der Waals surface area (Å²) in [4.78, 5) is 11.7. The van der Waals surface area contributed by atoms with Crippen LogP contribution in [0.1, 0.15) is 28.4 Å². The molecule has 6 heteroatoms. The zero-order chi connectivity index (χ0) is 17.0. The molecule has 0 saturated carbocycles. The molecule has 2 aromatic rings. The van der Waals surface area contributed by atoms with E-state index in [2.05, 4.69) is 0 Å². The van der Waals surface area contributed by atoms with Crippen molar-refractivity contribution in [2.45, 2.75) is 20.3 Å². The maximum absolute atomic E-state index is 11.9. The first-order valence-electron chi connectivity index (χ1n) is 7.17. The van der Waals surface area contributed by atoms with Gasteiger partial charge in [-0.1, -0.05) is 25.1 Å². The van der Waals surface area contributed by atoms with Crippen molar-refractivity contribution in [3.05, 3.63) is 59.2 Å². The maximum Gasteiger partial charge on any atom is 0.337 e. The van der Waals surface area contributed by atoms with E-state index in [0.29, 0.717) is 16.9 Å². The van der Waals surface area contributed by atoms with Crippen LogP contribution in [0.4, 0.5) is 11.4 Å². The van der Waals surface area contributed by atoms with Crippen molar-refractivity contribution in [1.82, 2.24) is 0 Å². The molecule has 0 aliphatic carbocycles. The average Bonchev–Trinajstić information content (AvgIpc) is 2.56. The molecule has 0 aliphatic rings. The molecule has 2 aromatic carbocycles. The molecule has 1 unspecified atom stereocenters. The standard InChI is InChI=1S/C17H19NO4S/c1-4-13-6-9-15(10-7-13)18(23(20)21)16-11-14(17(19)22-3)8-5-12(16)2/h5-11H,4H2,1-3H3,(H,20,21). The number of aryl methyl sites for hydroxylation is 2. The molecule has 0 fully saturated rings. The van der Waals surface area contributed by atoms with E-state index in [1.54, 1.807) is 30.3 Å². The van der Waals surface area contributed by atoms with Crippen LogP contribution in [0.5, 0.6) is 0 Å². The number of nitrogens with zero attached hydrogens (tertiary/aromatic N) is 1. The predicted molar refractivity (Wildman–Crippen MR) is 91.2 cm³/mol. The van der Waals surface area contributed by atoms with Gasteiger partial charge in [0, 0.05) is 0 Å². The highest BCUT2D eigenvalue weighted by molar-refractivity contribution is 7.81. The van der Waals surface area contributed by atoms with Gasteiger partial charge in [-0.25, -0.2) is 13.3 Å². The van der Waals surface area contributed by atoms with E-state index in [0.717, 1.165) is 17.5 Å². The van der Waals surface area contributed by atoms with Crippen LogP contribution in [-0.2, 0) is 22.4 Å². The molecule has 0 radical (unpaired) electrons. The number of hydrogen-bond donors (Lipinski definition) is 1. The number of methoxy groups -OCH3 is 1. The second-order valence-corrected chi connectivity index (χ2v) is 5.86. The molecular weight excluding hydrogens is 314 g/mol. The van der Waals surface area contributed by atoms with Crippen molar-refractivity contribution in [3.8, 4) is 0 Å². The Labute approximate surface area is 138 Å². The summed E-state index contributed by atoms with van der Waals surface area (Å²) in [6.45, 7) is 3.86. The van der Waals surface area contributed by atoms with Gasteiger partial charge >= 0.3 is 5.97 Å². The van der Waals surface area contributed by atoms with E-state index in [4.69, 9.17) is 4.74 Å². The molecule has 0 amide bonds. The highest BCUT2D eigenvalue weighted by Gasteiger charge is 2.19.